The van der Waals surface area contributed by atoms with Crippen molar-refractivity contribution in [2.45, 2.75) is 37.9 Å². The third-order valence-corrected chi connectivity index (χ3v) is 5.79. The number of rotatable bonds is 3. The third kappa shape index (κ3) is 3.33. The van der Waals surface area contributed by atoms with Gasteiger partial charge in [0.25, 0.3) is 0 Å². The van der Waals surface area contributed by atoms with Crippen LogP contribution >= 0.6 is 0 Å². The zero-order valence-corrected chi connectivity index (χ0v) is 15.6. The van der Waals surface area contributed by atoms with Crippen LogP contribution in [0.3, 0.4) is 0 Å². The highest BCUT2D eigenvalue weighted by Gasteiger charge is 2.47. The molecule has 2 N–H and O–H groups in total. The Labute approximate surface area is 160 Å². The Morgan fingerprint density at radius 1 is 1.19 bits per heavy atom. The summed E-state index contributed by atoms with van der Waals surface area (Å²) in [6.45, 7) is 4.50. The summed E-state index contributed by atoms with van der Waals surface area (Å²) in [5, 5.41) is 13.7. The molecule has 1 unspecified atom stereocenters. The molecule has 2 heterocycles. The molecule has 0 radical (unpaired) electrons. The minimum absolute atomic E-state index is 0.111. The van der Waals surface area contributed by atoms with Gasteiger partial charge in [-0.25, -0.2) is 4.79 Å². The number of carbonyl (C=O) groups is 1. The molecule has 2 aliphatic heterocycles. The molecule has 27 heavy (non-hydrogen) atoms. The smallest absolute Gasteiger partial charge is 0.414 e. The number of aliphatic hydroxyl groups is 1. The van der Waals surface area contributed by atoms with Gasteiger partial charge in [0, 0.05) is 12.0 Å². The molecule has 142 valence electrons. The Morgan fingerprint density at radius 3 is 2.63 bits per heavy atom. The lowest BCUT2D eigenvalue weighted by Gasteiger charge is -2.36. The number of hydrogen-bond acceptors (Lipinski definition) is 4. The maximum atomic E-state index is 12.9. The van der Waals surface area contributed by atoms with E-state index in [1.54, 1.807) is 11.8 Å². The molecule has 1 spiro atoms. The number of hydrogen-bond donors (Lipinski definition) is 2. The van der Waals surface area contributed by atoms with Gasteiger partial charge < -0.3 is 15.2 Å². The summed E-state index contributed by atoms with van der Waals surface area (Å²) in [4.78, 5) is 14.7. The van der Waals surface area contributed by atoms with Crippen molar-refractivity contribution in [3.63, 3.8) is 0 Å². The highest BCUT2D eigenvalue weighted by molar-refractivity contribution is 5.92. The van der Waals surface area contributed by atoms with Crippen LogP contribution in [0.1, 0.15) is 42.6 Å². The fraction of sp³-hybridized carbons (Fsp3) is 0.409. The molecular weight excluding hydrogens is 340 g/mol. The first-order valence-corrected chi connectivity index (χ1v) is 9.61. The summed E-state index contributed by atoms with van der Waals surface area (Å²) in [7, 11) is 0. The van der Waals surface area contributed by atoms with Crippen molar-refractivity contribution in [3.05, 3.63) is 65.2 Å². The normalized spacial score (nSPS) is 19.0. The summed E-state index contributed by atoms with van der Waals surface area (Å²) >= 11 is 0. The van der Waals surface area contributed by atoms with Crippen molar-refractivity contribution in [2.24, 2.45) is 0 Å². The average molecular weight is 366 g/mol. The lowest BCUT2D eigenvalue weighted by atomic mass is 9.72. The van der Waals surface area contributed by atoms with E-state index in [1.807, 2.05) is 48.5 Å². The topological polar surface area (TPSA) is 61.8 Å². The van der Waals surface area contributed by atoms with Crippen LogP contribution in [-0.4, -0.2) is 30.8 Å². The zero-order chi connectivity index (χ0) is 18.9. The van der Waals surface area contributed by atoms with Crippen molar-refractivity contribution in [1.82, 2.24) is 5.32 Å². The van der Waals surface area contributed by atoms with E-state index in [0.29, 0.717) is 6.54 Å². The van der Waals surface area contributed by atoms with Gasteiger partial charge in [0.1, 0.15) is 6.61 Å². The van der Waals surface area contributed by atoms with E-state index < -0.39 is 6.10 Å². The summed E-state index contributed by atoms with van der Waals surface area (Å²) in [5.41, 5.74) is 3.79. The predicted molar refractivity (Wildman–Crippen MR) is 105 cm³/mol. The van der Waals surface area contributed by atoms with E-state index in [0.717, 1.165) is 48.3 Å². The van der Waals surface area contributed by atoms with Gasteiger partial charge in [-0.3, -0.25) is 4.90 Å². The fourth-order valence-corrected chi connectivity index (χ4v) is 4.45. The van der Waals surface area contributed by atoms with E-state index in [4.69, 9.17) is 4.74 Å². The molecule has 0 bridgehead atoms. The second-order valence-electron chi connectivity index (χ2n) is 7.57. The Kier molecular flexibility index (Phi) is 4.89. The summed E-state index contributed by atoms with van der Waals surface area (Å²) in [5.74, 6) is 0. The Bertz CT molecular complexity index is 814. The van der Waals surface area contributed by atoms with Crippen molar-refractivity contribution in [3.8, 4) is 0 Å². The monoisotopic (exact) mass is 366 g/mol. The first-order chi connectivity index (χ1) is 13.1. The van der Waals surface area contributed by atoms with E-state index in [1.165, 1.54) is 0 Å². The molecule has 5 nitrogen and oxygen atoms in total. The maximum absolute atomic E-state index is 12.9. The van der Waals surface area contributed by atoms with Crippen molar-refractivity contribution in [2.75, 3.05) is 24.5 Å². The average Bonchev–Trinajstić information content (AvgIpc) is 3.01. The minimum atomic E-state index is -0.563. The molecule has 5 heteroatoms. The lowest BCUT2D eigenvalue weighted by Crippen LogP contribution is -2.44. The van der Waals surface area contributed by atoms with Crippen molar-refractivity contribution >= 4 is 11.8 Å². The number of ether oxygens (including phenoxy) is 1. The van der Waals surface area contributed by atoms with Crippen LogP contribution in [0.2, 0.25) is 0 Å². The van der Waals surface area contributed by atoms with Gasteiger partial charge >= 0.3 is 6.09 Å². The molecule has 1 atom stereocenters. The van der Waals surface area contributed by atoms with E-state index in [2.05, 4.69) is 5.32 Å². The standard InChI is InChI=1S/C22H26N2O3/c1-16(25)18-8-5-9-19-20(18)22(10-12-23-13-11-22)15-24(19)21(26)27-14-17-6-3-2-4-7-17/h2-9,16,23,25H,10-15H2,1H3. The molecule has 0 saturated carbocycles. The molecule has 0 aliphatic carbocycles. The number of aliphatic hydroxyl groups excluding tert-OH is 1. The second-order valence-corrected chi connectivity index (χ2v) is 7.57. The number of benzene rings is 2. The molecule has 0 aromatic heterocycles. The number of nitrogens with zero attached hydrogens (tertiary/aromatic N) is 1. The summed E-state index contributed by atoms with van der Waals surface area (Å²) < 4.78 is 5.61. The van der Waals surface area contributed by atoms with Gasteiger partial charge in [-0.05, 0) is 55.6 Å². The number of nitrogens with one attached hydrogen (secondary N) is 1. The number of anilines is 1. The fourth-order valence-electron chi connectivity index (χ4n) is 4.45. The van der Waals surface area contributed by atoms with Crippen LogP contribution in [-0.2, 0) is 16.8 Å². The number of piperidine rings is 1. The largest absolute Gasteiger partial charge is 0.444 e. The lowest BCUT2D eigenvalue weighted by molar-refractivity contribution is 0.145. The van der Waals surface area contributed by atoms with E-state index in [-0.39, 0.29) is 18.1 Å². The van der Waals surface area contributed by atoms with Crippen LogP contribution < -0.4 is 10.2 Å². The maximum Gasteiger partial charge on any atom is 0.414 e. The van der Waals surface area contributed by atoms with Crippen LogP contribution in [0.5, 0.6) is 0 Å². The Morgan fingerprint density at radius 2 is 1.93 bits per heavy atom. The molecule has 1 amide bonds. The second kappa shape index (κ2) is 7.33. The molecular formula is C22H26N2O3. The SMILES string of the molecule is CC(O)c1cccc2c1C1(CCNCC1)CN2C(=O)OCc1ccccc1. The predicted octanol–water partition coefficient (Wildman–Crippen LogP) is 3.52. The zero-order valence-electron chi connectivity index (χ0n) is 15.6. The molecule has 1 fully saturated rings. The van der Waals surface area contributed by atoms with Crippen LogP contribution in [0.15, 0.2) is 48.5 Å². The number of carbonyl (C=O) groups excluding carboxylic acids is 1. The highest BCUT2D eigenvalue weighted by Crippen LogP contribution is 2.49. The molecule has 4 rings (SSSR count). The van der Waals surface area contributed by atoms with E-state index >= 15 is 0 Å². The Balaban J connectivity index is 1.64. The van der Waals surface area contributed by atoms with Crippen molar-refractivity contribution < 1.29 is 14.6 Å². The molecule has 2 aromatic rings. The Hall–Kier alpha value is -2.37. The van der Waals surface area contributed by atoms with Gasteiger partial charge in [-0.2, -0.15) is 0 Å². The first kappa shape index (κ1) is 18.0. The van der Waals surface area contributed by atoms with Gasteiger partial charge in [0.05, 0.1) is 11.8 Å². The highest BCUT2D eigenvalue weighted by atomic mass is 16.6. The third-order valence-electron chi connectivity index (χ3n) is 5.79. The number of fused-ring (bicyclic) bond motifs is 2. The summed E-state index contributed by atoms with van der Waals surface area (Å²) in [6, 6.07) is 15.6. The van der Waals surface area contributed by atoms with Gasteiger partial charge in [0.15, 0.2) is 0 Å². The quantitative estimate of drug-likeness (QED) is 0.873. The summed E-state index contributed by atoms with van der Waals surface area (Å²) in [6.07, 6.45) is 1.02. The van der Waals surface area contributed by atoms with Crippen LogP contribution in [0.25, 0.3) is 0 Å². The van der Waals surface area contributed by atoms with Gasteiger partial charge in [-0.15, -0.1) is 0 Å². The van der Waals surface area contributed by atoms with Gasteiger partial charge in [0.2, 0.25) is 0 Å². The molecule has 2 aromatic carbocycles. The number of amides is 1. The molecule has 2 aliphatic rings. The van der Waals surface area contributed by atoms with E-state index in [9.17, 15) is 9.90 Å². The van der Waals surface area contributed by atoms with Crippen LogP contribution in [0, 0.1) is 0 Å². The van der Waals surface area contributed by atoms with Gasteiger partial charge in [-0.1, -0.05) is 42.5 Å². The molecule has 1 saturated heterocycles. The minimum Gasteiger partial charge on any atom is -0.444 e. The first-order valence-electron chi connectivity index (χ1n) is 9.61. The van der Waals surface area contributed by atoms with Crippen molar-refractivity contribution in [1.29, 1.82) is 0 Å². The van der Waals surface area contributed by atoms with Crippen LogP contribution in [0.4, 0.5) is 10.5 Å².